The maximum Gasteiger partial charge on any atom is 0.164 e. The summed E-state index contributed by atoms with van der Waals surface area (Å²) in [6, 6.07) is 6.89. The van der Waals surface area contributed by atoms with Crippen LogP contribution in [0.25, 0.3) is 10.9 Å². The molecular formula is C23H23ClFN3O6. The van der Waals surface area contributed by atoms with E-state index in [0.717, 1.165) is 0 Å². The molecule has 3 aromatic rings. The van der Waals surface area contributed by atoms with Crippen LogP contribution in [0.2, 0.25) is 5.02 Å². The summed E-state index contributed by atoms with van der Waals surface area (Å²) in [7, 11) is 4.62. The fourth-order valence-corrected chi connectivity index (χ4v) is 4.41. The molecule has 2 saturated heterocycles. The van der Waals surface area contributed by atoms with Gasteiger partial charge in [0.25, 0.3) is 0 Å². The number of aromatic nitrogens is 2. The molecule has 4 atom stereocenters. The van der Waals surface area contributed by atoms with Crippen LogP contribution in [0, 0.1) is 0 Å². The number of hydrogen-bond acceptors (Lipinski definition) is 9. The van der Waals surface area contributed by atoms with Gasteiger partial charge in [0.2, 0.25) is 0 Å². The monoisotopic (exact) mass is 491 g/mol. The first-order chi connectivity index (χ1) is 16.5. The highest BCUT2D eigenvalue weighted by Gasteiger charge is 2.49. The van der Waals surface area contributed by atoms with Crippen molar-refractivity contribution in [1.29, 1.82) is 0 Å². The van der Waals surface area contributed by atoms with Gasteiger partial charge in [-0.25, -0.2) is 14.4 Å². The molecule has 0 spiro atoms. The van der Waals surface area contributed by atoms with Gasteiger partial charge in [-0.2, -0.15) is 0 Å². The normalized spacial score (nSPS) is 23.6. The summed E-state index contributed by atoms with van der Waals surface area (Å²) in [4.78, 5) is 8.76. The molecule has 180 valence electrons. The Bertz CT molecular complexity index is 1220. The third-order valence-electron chi connectivity index (χ3n) is 5.87. The molecule has 0 aliphatic carbocycles. The van der Waals surface area contributed by atoms with Gasteiger partial charge < -0.3 is 33.7 Å². The Morgan fingerprint density at radius 2 is 1.68 bits per heavy atom. The lowest BCUT2D eigenvalue weighted by molar-refractivity contribution is 0.0271. The Morgan fingerprint density at radius 1 is 0.912 bits per heavy atom. The highest BCUT2D eigenvalue weighted by atomic mass is 35.5. The quantitative estimate of drug-likeness (QED) is 0.527. The van der Waals surface area contributed by atoms with E-state index < -0.39 is 24.5 Å². The van der Waals surface area contributed by atoms with Gasteiger partial charge >= 0.3 is 0 Å². The molecule has 2 aliphatic heterocycles. The summed E-state index contributed by atoms with van der Waals surface area (Å²) >= 11 is 6.22. The minimum Gasteiger partial charge on any atom is -0.495 e. The number of fused-ring (bicyclic) bond motifs is 2. The minimum absolute atomic E-state index is 0.00521. The van der Waals surface area contributed by atoms with E-state index in [1.165, 1.54) is 20.5 Å². The predicted octanol–water partition coefficient (Wildman–Crippen LogP) is 3.94. The Balaban J connectivity index is 1.48. The largest absolute Gasteiger partial charge is 0.495 e. The predicted molar refractivity (Wildman–Crippen MR) is 123 cm³/mol. The highest BCUT2D eigenvalue weighted by Crippen LogP contribution is 2.40. The van der Waals surface area contributed by atoms with Gasteiger partial charge in [0.15, 0.2) is 23.8 Å². The molecule has 2 fully saturated rings. The number of nitrogens with one attached hydrogen (secondary N) is 1. The van der Waals surface area contributed by atoms with Crippen molar-refractivity contribution < 1.29 is 32.8 Å². The molecule has 0 radical (unpaired) electrons. The number of methoxy groups -OCH3 is 3. The molecule has 3 heterocycles. The molecule has 2 aromatic carbocycles. The fraction of sp³-hybridized carbons (Fsp3) is 0.391. The summed E-state index contributed by atoms with van der Waals surface area (Å²) in [5.41, 5.74) is 1.22. The second-order valence-corrected chi connectivity index (χ2v) is 8.23. The lowest BCUT2D eigenvalue weighted by Crippen LogP contribution is -2.33. The number of alkyl halides is 1. The van der Waals surface area contributed by atoms with Crippen LogP contribution in [0.15, 0.2) is 30.6 Å². The molecule has 1 aromatic heterocycles. The molecule has 2 aliphatic rings. The zero-order valence-corrected chi connectivity index (χ0v) is 19.5. The molecule has 5 rings (SSSR count). The maximum atomic E-state index is 13.9. The standard InChI is InChI=1S/C23H23ClFN3O6/c1-29-16-7-15(17(30-2)5-12(16)24)28-23-11-4-18(31-3)19(6-14(11)26-10-27-23)34-20-9-33-21-13(25)8-32-22(20)21/h4-7,10,13,20-22H,8-9H2,1-3H3,(H,26,27,28)/t13?,20?,21-,22-/m0/s1. The van der Waals surface area contributed by atoms with Crippen molar-refractivity contribution in [2.45, 2.75) is 24.5 Å². The van der Waals surface area contributed by atoms with Crippen LogP contribution in [0.4, 0.5) is 15.9 Å². The van der Waals surface area contributed by atoms with E-state index in [-0.39, 0.29) is 13.2 Å². The molecule has 9 nitrogen and oxygen atoms in total. The zero-order valence-electron chi connectivity index (χ0n) is 18.7. The number of halogens is 2. The van der Waals surface area contributed by atoms with Crippen LogP contribution in [0.5, 0.6) is 23.0 Å². The van der Waals surface area contributed by atoms with Crippen molar-refractivity contribution >= 4 is 34.0 Å². The number of ether oxygens (including phenoxy) is 6. The highest BCUT2D eigenvalue weighted by molar-refractivity contribution is 6.32. The first-order valence-corrected chi connectivity index (χ1v) is 11.0. The van der Waals surface area contributed by atoms with Crippen molar-refractivity contribution in [3.05, 3.63) is 35.6 Å². The van der Waals surface area contributed by atoms with Gasteiger partial charge in [-0.05, 0) is 6.07 Å². The first kappa shape index (κ1) is 22.7. The second kappa shape index (κ2) is 9.28. The Kier molecular flexibility index (Phi) is 6.20. The third kappa shape index (κ3) is 4.02. The molecular weight excluding hydrogens is 469 g/mol. The van der Waals surface area contributed by atoms with Crippen LogP contribution < -0.4 is 24.3 Å². The van der Waals surface area contributed by atoms with Crippen molar-refractivity contribution in [2.24, 2.45) is 0 Å². The molecule has 0 saturated carbocycles. The number of anilines is 2. The van der Waals surface area contributed by atoms with Crippen molar-refractivity contribution in [3.8, 4) is 23.0 Å². The summed E-state index contributed by atoms with van der Waals surface area (Å²) in [5, 5.41) is 4.36. The Labute approximate surface area is 200 Å². The smallest absolute Gasteiger partial charge is 0.164 e. The average molecular weight is 492 g/mol. The van der Waals surface area contributed by atoms with Gasteiger partial charge in [0.1, 0.15) is 35.9 Å². The van der Waals surface area contributed by atoms with Crippen LogP contribution >= 0.6 is 11.6 Å². The average Bonchev–Trinajstić information content (AvgIpc) is 3.42. The van der Waals surface area contributed by atoms with E-state index in [1.54, 1.807) is 31.4 Å². The second-order valence-electron chi connectivity index (χ2n) is 7.82. The van der Waals surface area contributed by atoms with Gasteiger partial charge in [-0.15, -0.1) is 0 Å². The minimum atomic E-state index is -1.15. The van der Waals surface area contributed by atoms with E-state index in [2.05, 4.69) is 15.3 Å². The summed E-state index contributed by atoms with van der Waals surface area (Å²) < 4.78 is 47.5. The molecule has 1 N–H and O–H groups in total. The van der Waals surface area contributed by atoms with E-state index in [9.17, 15) is 4.39 Å². The van der Waals surface area contributed by atoms with Gasteiger partial charge in [-0.1, -0.05) is 11.6 Å². The van der Waals surface area contributed by atoms with Gasteiger partial charge in [0.05, 0.1) is 50.8 Å². The number of hydrogen-bond donors (Lipinski definition) is 1. The maximum absolute atomic E-state index is 13.9. The molecule has 0 amide bonds. The van der Waals surface area contributed by atoms with Crippen LogP contribution in [0.3, 0.4) is 0 Å². The number of nitrogens with zero attached hydrogens (tertiary/aromatic N) is 2. The topological polar surface area (TPSA) is 93.2 Å². The van der Waals surface area contributed by atoms with Crippen molar-refractivity contribution in [3.63, 3.8) is 0 Å². The molecule has 11 heteroatoms. The van der Waals surface area contributed by atoms with E-state index in [4.69, 9.17) is 40.0 Å². The van der Waals surface area contributed by atoms with Crippen LogP contribution in [-0.4, -0.2) is 69.0 Å². The SMILES string of the molecule is COc1cc(Nc2ncnc3cc(OC4CO[C@H]5C(F)CO[C@@H]45)c(OC)cc23)c(OC)cc1Cl. The van der Waals surface area contributed by atoms with Crippen molar-refractivity contribution in [1.82, 2.24) is 9.97 Å². The number of benzene rings is 2. The van der Waals surface area contributed by atoms with E-state index >= 15 is 0 Å². The van der Waals surface area contributed by atoms with Crippen LogP contribution in [-0.2, 0) is 9.47 Å². The summed E-state index contributed by atoms with van der Waals surface area (Å²) in [6.45, 7) is 0.233. The number of rotatable bonds is 7. The fourth-order valence-electron chi connectivity index (χ4n) is 4.18. The molecule has 0 bridgehead atoms. The van der Waals surface area contributed by atoms with Gasteiger partial charge in [0, 0.05) is 23.6 Å². The zero-order chi connectivity index (χ0) is 23.8. The summed E-state index contributed by atoms with van der Waals surface area (Å²) in [6.07, 6.45) is -1.25. The Morgan fingerprint density at radius 3 is 2.44 bits per heavy atom. The summed E-state index contributed by atoms with van der Waals surface area (Å²) in [5.74, 6) is 2.43. The van der Waals surface area contributed by atoms with Crippen molar-refractivity contribution in [2.75, 3.05) is 39.9 Å². The molecule has 34 heavy (non-hydrogen) atoms. The first-order valence-electron chi connectivity index (χ1n) is 10.6. The van der Waals surface area contributed by atoms with E-state index in [1.807, 2.05) is 0 Å². The van der Waals surface area contributed by atoms with Gasteiger partial charge in [-0.3, -0.25) is 0 Å². The molecule has 2 unspecified atom stereocenters. The van der Waals surface area contributed by atoms with E-state index in [0.29, 0.717) is 50.4 Å². The Hall–Kier alpha value is -3.08. The lowest BCUT2D eigenvalue weighted by Gasteiger charge is -2.20. The lowest BCUT2D eigenvalue weighted by atomic mass is 10.1. The van der Waals surface area contributed by atoms with Crippen LogP contribution in [0.1, 0.15) is 0 Å². The third-order valence-corrected chi connectivity index (χ3v) is 6.17.